The molecule has 1 saturated carbocycles. The van der Waals surface area contributed by atoms with E-state index >= 15 is 0 Å². The van der Waals surface area contributed by atoms with Gasteiger partial charge in [-0.1, -0.05) is 23.5 Å². The maximum atomic E-state index is 12.1. The Labute approximate surface area is 115 Å². The van der Waals surface area contributed by atoms with E-state index in [0.717, 1.165) is 35.9 Å². The molecule has 2 aromatic rings. The predicted octanol–water partition coefficient (Wildman–Crippen LogP) is 2.79. The molecule has 5 heteroatoms. The molecule has 1 aromatic carbocycles. The van der Waals surface area contributed by atoms with Gasteiger partial charge in [0.2, 0.25) is 5.91 Å². The monoisotopic (exact) mass is 276 g/mol. The van der Waals surface area contributed by atoms with Gasteiger partial charge in [0.25, 0.3) is 0 Å². The van der Waals surface area contributed by atoms with E-state index in [1.165, 1.54) is 11.3 Å². The molecule has 2 N–H and O–H groups in total. The number of carbonyl (C=O) groups excluding carboxylic acids is 1. The molecule has 1 heterocycles. The largest absolute Gasteiger partial charge is 0.393 e. The number of fused-ring (bicyclic) bond motifs is 1. The van der Waals surface area contributed by atoms with E-state index in [2.05, 4.69) is 10.3 Å². The number of aliphatic hydroxyl groups is 1. The number of benzene rings is 1. The Balaban J connectivity index is 1.68. The summed E-state index contributed by atoms with van der Waals surface area (Å²) in [6.45, 7) is 0. The van der Waals surface area contributed by atoms with E-state index in [9.17, 15) is 9.90 Å². The molecule has 0 radical (unpaired) electrons. The fourth-order valence-electron chi connectivity index (χ4n) is 2.47. The third kappa shape index (κ3) is 2.77. The van der Waals surface area contributed by atoms with Gasteiger partial charge >= 0.3 is 0 Å². The van der Waals surface area contributed by atoms with Crippen molar-refractivity contribution in [1.29, 1.82) is 0 Å². The van der Waals surface area contributed by atoms with Gasteiger partial charge in [0.05, 0.1) is 16.3 Å². The van der Waals surface area contributed by atoms with Crippen molar-refractivity contribution in [1.82, 2.24) is 4.98 Å². The van der Waals surface area contributed by atoms with Gasteiger partial charge in [-0.15, -0.1) is 0 Å². The van der Waals surface area contributed by atoms with E-state index in [4.69, 9.17) is 0 Å². The van der Waals surface area contributed by atoms with Crippen molar-refractivity contribution in [3.05, 3.63) is 24.3 Å². The second-order valence-corrected chi connectivity index (χ2v) is 6.01. The lowest BCUT2D eigenvalue weighted by atomic mass is 9.87. The lowest BCUT2D eigenvalue weighted by Gasteiger charge is -2.23. The SMILES string of the molecule is O=C(Nc1nc2ccccc2s1)C1CCC(O)CC1. The summed E-state index contributed by atoms with van der Waals surface area (Å²) in [7, 11) is 0. The van der Waals surface area contributed by atoms with E-state index < -0.39 is 0 Å². The van der Waals surface area contributed by atoms with Crippen molar-refractivity contribution in [2.24, 2.45) is 5.92 Å². The summed E-state index contributed by atoms with van der Waals surface area (Å²) < 4.78 is 1.08. The highest BCUT2D eigenvalue weighted by molar-refractivity contribution is 7.22. The molecule has 0 spiro atoms. The Kier molecular flexibility index (Phi) is 3.48. The van der Waals surface area contributed by atoms with E-state index in [0.29, 0.717) is 5.13 Å². The number of anilines is 1. The topological polar surface area (TPSA) is 62.2 Å². The van der Waals surface area contributed by atoms with Gasteiger partial charge in [-0.3, -0.25) is 4.79 Å². The Morgan fingerprint density at radius 2 is 2.00 bits per heavy atom. The number of nitrogens with zero attached hydrogens (tertiary/aromatic N) is 1. The van der Waals surface area contributed by atoms with Crippen molar-refractivity contribution < 1.29 is 9.90 Å². The molecule has 1 aromatic heterocycles. The number of nitrogens with one attached hydrogen (secondary N) is 1. The van der Waals surface area contributed by atoms with Gasteiger partial charge in [0.1, 0.15) is 0 Å². The first kappa shape index (κ1) is 12.6. The average molecular weight is 276 g/mol. The number of hydrogen-bond donors (Lipinski definition) is 2. The molecule has 0 saturated heterocycles. The highest BCUT2D eigenvalue weighted by Gasteiger charge is 2.25. The number of thiazole rings is 1. The molecule has 0 unspecified atom stereocenters. The Morgan fingerprint density at radius 1 is 1.26 bits per heavy atom. The first-order chi connectivity index (χ1) is 9.22. The smallest absolute Gasteiger partial charge is 0.229 e. The summed E-state index contributed by atoms with van der Waals surface area (Å²) in [6, 6.07) is 7.85. The molecular formula is C14H16N2O2S. The molecule has 100 valence electrons. The molecule has 4 nitrogen and oxygen atoms in total. The minimum atomic E-state index is -0.230. The minimum Gasteiger partial charge on any atom is -0.393 e. The number of hydrogen-bond acceptors (Lipinski definition) is 4. The number of aliphatic hydroxyl groups excluding tert-OH is 1. The summed E-state index contributed by atoms with van der Waals surface area (Å²) in [5.41, 5.74) is 0.918. The highest BCUT2D eigenvalue weighted by Crippen LogP contribution is 2.28. The third-order valence-corrected chi connectivity index (χ3v) is 4.54. The molecule has 1 aliphatic rings. The van der Waals surface area contributed by atoms with Crippen molar-refractivity contribution in [2.75, 3.05) is 5.32 Å². The van der Waals surface area contributed by atoms with Gasteiger partial charge in [-0.25, -0.2) is 4.98 Å². The molecule has 1 amide bonds. The second kappa shape index (κ2) is 5.27. The molecule has 0 bridgehead atoms. The van der Waals surface area contributed by atoms with Crippen LogP contribution in [0.1, 0.15) is 25.7 Å². The fourth-order valence-corrected chi connectivity index (χ4v) is 3.34. The molecule has 19 heavy (non-hydrogen) atoms. The van der Waals surface area contributed by atoms with Gasteiger partial charge in [-0.2, -0.15) is 0 Å². The van der Waals surface area contributed by atoms with Crippen LogP contribution in [0.4, 0.5) is 5.13 Å². The number of carbonyl (C=O) groups is 1. The Hall–Kier alpha value is -1.46. The van der Waals surface area contributed by atoms with Crippen LogP contribution in [0, 0.1) is 5.92 Å². The van der Waals surface area contributed by atoms with E-state index in [1.54, 1.807) is 0 Å². The minimum absolute atomic E-state index is 0.00964. The first-order valence-corrected chi connectivity index (χ1v) is 7.38. The van der Waals surface area contributed by atoms with E-state index in [1.807, 2.05) is 24.3 Å². The zero-order valence-corrected chi connectivity index (χ0v) is 11.3. The lowest BCUT2D eigenvalue weighted by molar-refractivity contribution is -0.121. The zero-order chi connectivity index (χ0) is 13.2. The molecular weight excluding hydrogens is 260 g/mol. The quantitative estimate of drug-likeness (QED) is 0.886. The summed E-state index contributed by atoms with van der Waals surface area (Å²) in [6.07, 6.45) is 2.73. The first-order valence-electron chi connectivity index (χ1n) is 6.57. The number of rotatable bonds is 2. The number of aromatic nitrogens is 1. The molecule has 1 fully saturated rings. The Bertz CT molecular complexity index is 555. The normalized spacial score (nSPS) is 23.4. The van der Waals surface area contributed by atoms with Crippen LogP contribution in [0.25, 0.3) is 10.2 Å². The summed E-state index contributed by atoms with van der Waals surface area (Å²) in [5.74, 6) is 0.0429. The van der Waals surface area contributed by atoms with Gasteiger partial charge in [0, 0.05) is 5.92 Å². The Morgan fingerprint density at radius 3 is 2.74 bits per heavy atom. The van der Waals surface area contributed by atoms with Crippen molar-refractivity contribution in [3.63, 3.8) is 0 Å². The number of para-hydroxylation sites is 1. The summed E-state index contributed by atoms with van der Waals surface area (Å²) in [4.78, 5) is 16.5. The maximum absolute atomic E-state index is 12.1. The molecule has 3 rings (SSSR count). The van der Waals surface area contributed by atoms with Crippen LogP contribution in [0.5, 0.6) is 0 Å². The van der Waals surface area contributed by atoms with E-state index in [-0.39, 0.29) is 17.9 Å². The van der Waals surface area contributed by atoms with Crippen molar-refractivity contribution in [2.45, 2.75) is 31.8 Å². The second-order valence-electron chi connectivity index (χ2n) is 4.98. The number of amides is 1. The van der Waals surface area contributed by atoms with Gasteiger partial charge in [0.15, 0.2) is 5.13 Å². The van der Waals surface area contributed by atoms with Crippen molar-refractivity contribution in [3.8, 4) is 0 Å². The lowest BCUT2D eigenvalue weighted by Crippen LogP contribution is -2.28. The standard InChI is InChI=1S/C14H16N2O2S/c17-10-7-5-9(6-8-10)13(18)16-14-15-11-3-1-2-4-12(11)19-14/h1-4,9-10,17H,5-8H2,(H,15,16,18). The average Bonchev–Trinajstić information content (AvgIpc) is 2.81. The predicted molar refractivity (Wildman–Crippen MR) is 76.2 cm³/mol. The van der Waals surface area contributed by atoms with Crippen LogP contribution < -0.4 is 5.32 Å². The highest BCUT2D eigenvalue weighted by atomic mass is 32.1. The summed E-state index contributed by atoms with van der Waals surface area (Å²) >= 11 is 1.50. The van der Waals surface area contributed by atoms with Crippen LogP contribution in [-0.4, -0.2) is 22.1 Å². The van der Waals surface area contributed by atoms with Gasteiger partial charge in [-0.05, 0) is 37.8 Å². The summed E-state index contributed by atoms with van der Waals surface area (Å²) in [5, 5.41) is 13.0. The third-order valence-electron chi connectivity index (χ3n) is 3.59. The van der Waals surface area contributed by atoms with Gasteiger partial charge < -0.3 is 10.4 Å². The molecule has 0 aliphatic heterocycles. The maximum Gasteiger partial charge on any atom is 0.229 e. The van der Waals surface area contributed by atoms with Crippen LogP contribution >= 0.6 is 11.3 Å². The molecule has 1 aliphatic carbocycles. The van der Waals surface area contributed by atoms with Crippen molar-refractivity contribution >= 4 is 32.6 Å². The molecule has 0 atom stereocenters. The fraction of sp³-hybridized carbons (Fsp3) is 0.429. The van der Waals surface area contributed by atoms with Crippen LogP contribution in [0.2, 0.25) is 0 Å². The zero-order valence-electron chi connectivity index (χ0n) is 10.5. The van der Waals surface area contributed by atoms with Crippen LogP contribution in [0.15, 0.2) is 24.3 Å². The van der Waals surface area contributed by atoms with Crippen LogP contribution in [0.3, 0.4) is 0 Å². The van der Waals surface area contributed by atoms with Crippen LogP contribution in [-0.2, 0) is 4.79 Å².